The molecule has 0 fully saturated rings. The van der Waals surface area contributed by atoms with Gasteiger partial charge in [0, 0.05) is 24.8 Å². The number of aryl methyl sites for hydroxylation is 2. The van der Waals surface area contributed by atoms with E-state index in [4.69, 9.17) is 11.6 Å². The summed E-state index contributed by atoms with van der Waals surface area (Å²) in [7, 11) is 1.77. The van der Waals surface area contributed by atoms with Gasteiger partial charge >= 0.3 is 0 Å². The summed E-state index contributed by atoms with van der Waals surface area (Å²) < 4.78 is 4.59. The summed E-state index contributed by atoms with van der Waals surface area (Å²) >= 11 is 7.46. The van der Waals surface area contributed by atoms with Crippen LogP contribution in [0.4, 0.5) is 0 Å². The minimum atomic E-state index is -0.338. The third kappa shape index (κ3) is 2.64. The Hall–Kier alpha value is -1.92. The molecule has 2 aromatic heterocycles. The molecule has 0 atom stereocenters. The maximum Gasteiger partial charge on any atom is 0.300 e. The number of carbonyl (C=O) groups excluding carboxylic acids is 1. The topological polar surface area (TPSA) is 52.2 Å². The van der Waals surface area contributed by atoms with Crippen LogP contribution in [0.2, 0.25) is 5.02 Å². The fraction of sp³-hybridized carbons (Fsp3) is 0.214. The molecule has 2 heterocycles. The van der Waals surface area contributed by atoms with Gasteiger partial charge in [0.05, 0.1) is 10.2 Å². The van der Waals surface area contributed by atoms with Crippen molar-refractivity contribution in [1.82, 2.24) is 14.3 Å². The van der Waals surface area contributed by atoms with Crippen LogP contribution in [0, 0.1) is 0 Å². The molecular formula is C14H13ClN4OS. The Kier molecular flexibility index (Phi) is 3.65. The van der Waals surface area contributed by atoms with E-state index in [0.29, 0.717) is 15.5 Å². The summed E-state index contributed by atoms with van der Waals surface area (Å²) in [5.41, 5.74) is 1.37. The SMILES string of the molecule is CCn1c(=NC(=O)c2ccn(C)n2)sc2cc(Cl)ccc21. The quantitative estimate of drug-likeness (QED) is 0.729. The number of nitrogens with zero attached hydrogens (tertiary/aromatic N) is 4. The summed E-state index contributed by atoms with van der Waals surface area (Å²) in [6.45, 7) is 2.75. The van der Waals surface area contributed by atoms with Gasteiger partial charge in [0.15, 0.2) is 10.5 Å². The fourth-order valence-corrected chi connectivity index (χ4v) is 3.48. The van der Waals surface area contributed by atoms with Crippen LogP contribution in [0.5, 0.6) is 0 Å². The van der Waals surface area contributed by atoms with Crippen molar-refractivity contribution >= 4 is 39.1 Å². The lowest BCUT2D eigenvalue weighted by atomic mass is 10.3. The molecule has 5 nitrogen and oxygen atoms in total. The summed E-state index contributed by atoms with van der Waals surface area (Å²) in [5.74, 6) is -0.338. The van der Waals surface area contributed by atoms with E-state index in [0.717, 1.165) is 16.8 Å². The maximum absolute atomic E-state index is 12.2. The number of benzene rings is 1. The van der Waals surface area contributed by atoms with E-state index in [1.54, 1.807) is 24.0 Å². The van der Waals surface area contributed by atoms with E-state index < -0.39 is 0 Å². The zero-order valence-corrected chi connectivity index (χ0v) is 13.1. The second kappa shape index (κ2) is 5.46. The second-order valence-corrected chi connectivity index (χ2v) is 5.98. The number of thiazole rings is 1. The van der Waals surface area contributed by atoms with Crippen LogP contribution < -0.4 is 4.80 Å². The van der Waals surface area contributed by atoms with Crippen molar-refractivity contribution < 1.29 is 4.79 Å². The van der Waals surface area contributed by atoms with E-state index in [1.807, 2.05) is 29.7 Å². The van der Waals surface area contributed by atoms with Crippen molar-refractivity contribution in [2.75, 3.05) is 0 Å². The van der Waals surface area contributed by atoms with Crippen LogP contribution in [-0.4, -0.2) is 20.3 Å². The summed E-state index contributed by atoms with van der Waals surface area (Å²) in [6.07, 6.45) is 1.72. The summed E-state index contributed by atoms with van der Waals surface area (Å²) in [6, 6.07) is 7.33. The van der Waals surface area contributed by atoms with Crippen molar-refractivity contribution in [3.05, 3.63) is 46.0 Å². The highest BCUT2D eigenvalue weighted by Crippen LogP contribution is 2.21. The molecule has 0 bridgehead atoms. The summed E-state index contributed by atoms with van der Waals surface area (Å²) in [4.78, 5) is 17.0. The summed E-state index contributed by atoms with van der Waals surface area (Å²) in [5, 5.41) is 4.75. The molecule has 0 spiro atoms. The molecule has 0 radical (unpaired) electrons. The highest BCUT2D eigenvalue weighted by atomic mass is 35.5. The van der Waals surface area contributed by atoms with Gasteiger partial charge < -0.3 is 4.57 Å². The van der Waals surface area contributed by atoms with Crippen molar-refractivity contribution in [1.29, 1.82) is 0 Å². The second-order valence-electron chi connectivity index (χ2n) is 4.53. The number of hydrogen-bond acceptors (Lipinski definition) is 3. The highest BCUT2D eigenvalue weighted by Gasteiger charge is 2.10. The number of fused-ring (bicyclic) bond motifs is 1. The van der Waals surface area contributed by atoms with Crippen molar-refractivity contribution in [3.63, 3.8) is 0 Å². The number of amides is 1. The molecule has 108 valence electrons. The molecule has 1 amide bonds. The van der Waals surface area contributed by atoms with Gasteiger partial charge in [0.1, 0.15) is 0 Å². The first-order valence-electron chi connectivity index (χ1n) is 6.46. The van der Waals surface area contributed by atoms with E-state index in [-0.39, 0.29) is 5.91 Å². The predicted molar refractivity (Wildman–Crippen MR) is 83.6 cm³/mol. The van der Waals surface area contributed by atoms with Crippen LogP contribution >= 0.6 is 22.9 Å². The van der Waals surface area contributed by atoms with Gasteiger partial charge in [-0.1, -0.05) is 22.9 Å². The van der Waals surface area contributed by atoms with E-state index >= 15 is 0 Å². The maximum atomic E-state index is 12.2. The average Bonchev–Trinajstić information content (AvgIpc) is 3.01. The third-order valence-electron chi connectivity index (χ3n) is 3.09. The number of halogens is 1. The molecule has 0 saturated heterocycles. The van der Waals surface area contributed by atoms with Crippen molar-refractivity contribution in [3.8, 4) is 0 Å². The molecule has 0 aliphatic carbocycles. The first kappa shape index (κ1) is 14.0. The van der Waals surface area contributed by atoms with Crippen LogP contribution in [0.15, 0.2) is 35.5 Å². The average molecular weight is 321 g/mol. The molecular weight excluding hydrogens is 308 g/mol. The van der Waals surface area contributed by atoms with Crippen LogP contribution in [0.25, 0.3) is 10.2 Å². The zero-order valence-electron chi connectivity index (χ0n) is 11.6. The molecule has 0 aliphatic rings. The Morgan fingerprint density at radius 2 is 2.24 bits per heavy atom. The minimum absolute atomic E-state index is 0.338. The Morgan fingerprint density at radius 1 is 1.43 bits per heavy atom. The fourth-order valence-electron chi connectivity index (χ4n) is 2.11. The lowest BCUT2D eigenvalue weighted by molar-refractivity contribution is 0.0992. The zero-order chi connectivity index (χ0) is 15.0. The lowest BCUT2D eigenvalue weighted by Crippen LogP contribution is -2.16. The monoisotopic (exact) mass is 320 g/mol. The van der Waals surface area contributed by atoms with Gasteiger partial charge in [-0.2, -0.15) is 10.1 Å². The van der Waals surface area contributed by atoms with E-state index in [1.165, 1.54) is 11.3 Å². The van der Waals surface area contributed by atoms with Gasteiger partial charge in [-0.05, 0) is 31.2 Å². The Bertz CT molecular complexity index is 890. The Morgan fingerprint density at radius 3 is 2.90 bits per heavy atom. The molecule has 3 aromatic rings. The molecule has 0 N–H and O–H groups in total. The first-order chi connectivity index (χ1) is 10.1. The Balaban J connectivity index is 2.15. The van der Waals surface area contributed by atoms with Gasteiger partial charge in [0.2, 0.25) is 0 Å². The molecule has 3 rings (SSSR count). The van der Waals surface area contributed by atoms with Crippen LogP contribution in [-0.2, 0) is 13.6 Å². The third-order valence-corrected chi connectivity index (χ3v) is 4.37. The molecule has 1 aromatic carbocycles. The molecule has 0 unspecified atom stereocenters. The van der Waals surface area contributed by atoms with Crippen LogP contribution in [0.1, 0.15) is 17.4 Å². The predicted octanol–water partition coefficient (Wildman–Crippen LogP) is 2.85. The van der Waals surface area contributed by atoms with Gasteiger partial charge in [-0.15, -0.1) is 0 Å². The number of aromatic nitrogens is 3. The van der Waals surface area contributed by atoms with Crippen molar-refractivity contribution in [2.24, 2.45) is 12.0 Å². The normalized spacial score (nSPS) is 12.2. The van der Waals surface area contributed by atoms with Gasteiger partial charge in [-0.3, -0.25) is 9.48 Å². The Labute approximate surface area is 130 Å². The number of rotatable bonds is 2. The molecule has 0 aliphatic heterocycles. The number of hydrogen-bond donors (Lipinski definition) is 0. The van der Waals surface area contributed by atoms with Gasteiger partial charge in [-0.25, -0.2) is 0 Å². The van der Waals surface area contributed by atoms with Crippen molar-refractivity contribution in [2.45, 2.75) is 13.5 Å². The number of carbonyl (C=O) groups is 1. The highest BCUT2D eigenvalue weighted by molar-refractivity contribution is 7.16. The minimum Gasteiger partial charge on any atom is -0.317 e. The van der Waals surface area contributed by atoms with E-state index in [9.17, 15) is 4.79 Å². The smallest absolute Gasteiger partial charge is 0.300 e. The molecule has 7 heteroatoms. The molecule has 21 heavy (non-hydrogen) atoms. The first-order valence-corrected chi connectivity index (χ1v) is 7.65. The van der Waals surface area contributed by atoms with E-state index in [2.05, 4.69) is 10.1 Å². The molecule has 0 saturated carbocycles. The lowest BCUT2D eigenvalue weighted by Gasteiger charge is -1.99. The van der Waals surface area contributed by atoms with Gasteiger partial charge in [0.25, 0.3) is 5.91 Å². The standard InChI is InChI=1S/C14H13ClN4OS/c1-3-19-11-5-4-9(15)8-12(11)21-14(19)16-13(20)10-6-7-18(2)17-10/h4-8H,3H2,1-2H3. The van der Waals surface area contributed by atoms with Crippen LogP contribution in [0.3, 0.4) is 0 Å². The largest absolute Gasteiger partial charge is 0.317 e.